The molecule has 0 saturated carbocycles. The molecule has 2 aromatic carbocycles. The molecule has 0 fully saturated rings. The summed E-state index contributed by atoms with van der Waals surface area (Å²) in [5, 5.41) is 0. The number of hydrogen-bond donors (Lipinski definition) is 0. The zero-order chi connectivity index (χ0) is 21.3. The van der Waals surface area contributed by atoms with Gasteiger partial charge >= 0.3 is 5.97 Å². The standard InChI is InChI=1S/C24H31NO3/c1-23(2,3)18-11-9-10-16(12-18)22(27)28-20-14-17(21(26)25(7)8)13-19(15-20)24(4,5)6/h9-15H,1-8H3. The molecule has 0 aromatic heterocycles. The minimum absolute atomic E-state index is 0.0618. The normalized spacial score (nSPS) is 11.9. The lowest BCUT2D eigenvalue weighted by Gasteiger charge is -2.22. The Kier molecular flexibility index (Phi) is 6.03. The van der Waals surface area contributed by atoms with E-state index in [1.807, 2.05) is 30.3 Å². The number of amides is 1. The lowest BCUT2D eigenvalue weighted by Crippen LogP contribution is -2.23. The highest BCUT2D eigenvalue weighted by atomic mass is 16.5. The maximum absolute atomic E-state index is 12.8. The van der Waals surface area contributed by atoms with E-state index in [1.165, 1.54) is 4.90 Å². The third kappa shape index (κ3) is 5.22. The van der Waals surface area contributed by atoms with Crippen LogP contribution < -0.4 is 4.74 Å². The van der Waals surface area contributed by atoms with Gasteiger partial charge in [-0.3, -0.25) is 4.79 Å². The summed E-state index contributed by atoms with van der Waals surface area (Å²) in [6.07, 6.45) is 0. The van der Waals surface area contributed by atoms with E-state index in [1.54, 1.807) is 26.2 Å². The van der Waals surface area contributed by atoms with Gasteiger partial charge in [0.25, 0.3) is 5.91 Å². The zero-order valence-corrected chi connectivity index (χ0v) is 18.2. The molecule has 0 aliphatic rings. The van der Waals surface area contributed by atoms with Crippen molar-refractivity contribution in [3.8, 4) is 5.75 Å². The van der Waals surface area contributed by atoms with Gasteiger partial charge in [-0.15, -0.1) is 0 Å². The maximum Gasteiger partial charge on any atom is 0.343 e. The number of ether oxygens (including phenoxy) is 1. The van der Waals surface area contributed by atoms with Crippen molar-refractivity contribution in [1.82, 2.24) is 4.90 Å². The molecule has 0 radical (unpaired) electrons. The average molecular weight is 382 g/mol. The molecule has 2 aromatic rings. The van der Waals surface area contributed by atoms with Gasteiger partial charge in [0.15, 0.2) is 0 Å². The summed E-state index contributed by atoms with van der Waals surface area (Å²) in [6.45, 7) is 12.5. The molecule has 0 saturated heterocycles. The topological polar surface area (TPSA) is 46.6 Å². The Hall–Kier alpha value is -2.62. The van der Waals surface area contributed by atoms with Crippen molar-refractivity contribution < 1.29 is 14.3 Å². The lowest BCUT2D eigenvalue weighted by atomic mass is 9.86. The molecule has 150 valence electrons. The van der Waals surface area contributed by atoms with Gasteiger partial charge in [0.1, 0.15) is 5.75 Å². The van der Waals surface area contributed by atoms with Crippen LogP contribution in [0.4, 0.5) is 0 Å². The van der Waals surface area contributed by atoms with Crippen LogP contribution in [0.1, 0.15) is 73.4 Å². The summed E-state index contributed by atoms with van der Waals surface area (Å²) < 4.78 is 5.66. The quantitative estimate of drug-likeness (QED) is 0.542. The monoisotopic (exact) mass is 381 g/mol. The fourth-order valence-corrected chi connectivity index (χ4v) is 2.75. The van der Waals surface area contributed by atoms with Crippen LogP contribution in [0.15, 0.2) is 42.5 Å². The summed E-state index contributed by atoms with van der Waals surface area (Å²) in [5.74, 6) is -0.178. The average Bonchev–Trinajstić information content (AvgIpc) is 2.59. The van der Waals surface area contributed by atoms with Crippen molar-refractivity contribution in [1.29, 1.82) is 0 Å². The number of benzene rings is 2. The SMILES string of the molecule is CN(C)C(=O)c1cc(OC(=O)c2cccc(C(C)(C)C)c2)cc(C(C)(C)C)c1. The third-order valence-electron chi connectivity index (χ3n) is 4.60. The predicted octanol–water partition coefficient (Wildman–Crippen LogP) is 5.20. The number of hydrogen-bond acceptors (Lipinski definition) is 3. The van der Waals surface area contributed by atoms with Crippen LogP contribution in [-0.4, -0.2) is 30.9 Å². The summed E-state index contributed by atoms with van der Waals surface area (Å²) in [5.41, 5.74) is 2.75. The Balaban J connectivity index is 2.41. The largest absolute Gasteiger partial charge is 0.423 e. The molecule has 0 N–H and O–H groups in total. The first-order valence-electron chi connectivity index (χ1n) is 9.49. The minimum Gasteiger partial charge on any atom is -0.423 e. The second kappa shape index (κ2) is 7.78. The van der Waals surface area contributed by atoms with Gasteiger partial charge in [-0.05, 0) is 52.3 Å². The van der Waals surface area contributed by atoms with Crippen LogP contribution in [0, 0.1) is 0 Å². The first-order valence-corrected chi connectivity index (χ1v) is 9.49. The number of esters is 1. The Morgan fingerprint density at radius 1 is 0.786 bits per heavy atom. The smallest absolute Gasteiger partial charge is 0.343 e. The van der Waals surface area contributed by atoms with Gasteiger partial charge in [-0.1, -0.05) is 53.7 Å². The number of rotatable bonds is 3. The van der Waals surface area contributed by atoms with E-state index in [0.717, 1.165) is 11.1 Å². The Labute approximate surface area is 168 Å². The molecule has 0 spiro atoms. The highest BCUT2D eigenvalue weighted by Gasteiger charge is 2.21. The summed E-state index contributed by atoms with van der Waals surface area (Å²) in [4.78, 5) is 26.7. The van der Waals surface area contributed by atoms with Gasteiger partial charge in [0.2, 0.25) is 0 Å². The van der Waals surface area contributed by atoms with E-state index >= 15 is 0 Å². The first-order chi connectivity index (χ1) is 12.8. The second-order valence-electron chi connectivity index (χ2n) is 9.42. The van der Waals surface area contributed by atoms with Gasteiger partial charge in [-0.25, -0.2) is 4.79 Å². The Morgan fingerprint density at radius 2 is 1.36 bits per heavy atom. The van der Waals surface area contributed by atoms with E-state index in [-0.39, 0.29) is 16.7 Å². The third-order valence-corrected chi connectivity index (χ3v) is 4.60. The van der Waals surface area contributed by atoms with Crippen LogP contribution in [0.25, 0.3) is 0 Å². The van der Waals surface area contributed by atoms with Crippen molar-refractivity contribution in [2.75, 3.05) is 14.1 Å². The van der Waals surface area contributed by atoms with Gasteiger partial charge in [0, 0.05) is 19.7 Å². The van der Waals surface area contributed by atoms with Crippen LogP contribution in [0.3, 0.4) is 0 Å². The van der Waals surface area contributed by atoms with Gasteiger partial charge in [-0.2, -0.15) is 0 Å². The fraction of sp³-hybridized carbons (Fsp3) is 0.417. The molecule has 0 atom stereocenters. The van der Waals surface area contributed by atoms with Crippen molar-refractivity contribution in [2.24, 2.45) is 0 Å². The minimum atomic E-state index is -0.430. The predicted molar refractivity (Wildman–Crippen MR) is 113 cm³/mol. The summed E-state index contributed by atoms with van der Waals surface area (Å²) in [6, 6.07) is 12.8. The maximum atomic E-state index is 12.8. The lowest BCUT2D eigenvalue weighted by molar-refractivity contribution is 0.0731. The molecule has 4 nitrogen and oxygen atoms in total. The van der Waals surface area contributed by atoms with Crippen molar-refractivity contribution in [2.45, 2.75) is 52.4 Å². The molecule has 0 heterocycles. The van der Waals surface area contributed by atoms with Crippen LogP contribution in [0.2, 0.25) is 0 Å². The fourth-order valence-electron chi connectivity index (χ4n) is 2.75. The van der Waals surface area contributed by atoms with E-state index in [4.69, 9.17) is 4.74 Å². The van der Waals surface area contributed by atoms with E-state index in [9.17, 15) is 9.59 Å². The number of nitrogens with zero attached hydrogens (tertiary/aromatic N) is 1. The van der Waals surface area contributed by atoms with E-state index in [0.29, 0.717) is 16.9 Å². The van der Waals surface area contributed by atoms with Gasteiger partial charge < -0.3 is 9.64 Å². The van der Waals surface area contributed by atoms with E-state index in [2.05, 4.69) is 41.5 Å². The van der Waals surface area contributed by atoms with Crippen LogP contribution in [-0.2, 0) is 10.8 Å². The number of carbonyl (C=O) groups excluding carboxylic acids is 2. The first kappa shape index (κ1) is 21.7. The summed E-state index contributed by atoms with van der Waals surface area (Å²) >= 11 is 0. The molecule has 28 heavy (non-hydrogen) atoms. The molecule has 0 aliphatic carbocycles. The zero-order valence-electron chi connectivity index (χ0n) is 18.2. The van der Waals surface area contributed by atoms with Crippen molar-refractivity contribution in [3.05, 3.63) is 64.7 Å². The second-order valence-corrected chi connectivity index (χ2v) is 9.42. The van der Waals surface area contributed by atoms with Crippen LogP contribution in [0.5, 0.6) is 5.75 Å². The van der Waals surface area contributed by atoms with Gasteiger partial charge in [0.05, 0.1) is 5.56 Å². The summed E-state index contributed by atoms with van der Waals surface area (Å²) in [7, 11) is 3.41. The van der Waals surface area contributed by atoms with E-state index < -0.39 is 5.97 Å². The Morgan fingerprint density at radius 3 is 1.89 bits per heavy atom. The highest BCUT2D eigenvalue weighted by Crippen LogP contribution is 2.29. The highest BCUT2D eigenvalue weighted by molar-refractivity contribution is 5.95. The van der Waals surface area contributed by atoms with Crippen molar-refractivity contribution in [3.63, 3.8) is 0 Å². The van der Waals surface area contributed by atoms with Crippen LogP contribution >= 0.6 is 0 Å². The van der Waals surface area contributed by atoms with Crippen molar-refractivity contribution >= 4 is 11.9 Å². The Bertz CT molecular complexity index is 883. The molecular formula is C24H31NO3. The molecule has 1 amide bonds. The molecule has 0 bridgehead atoms. The number of carbonyl (C=O) groups is 2. The molecule has 2 rings (SSSR count). The molecule has 4 heteroatoms. The molecule has 0 aliphatic heterocycles. The molecular weight excluding hydrogens is 350 g/mol. The molecule has 0 unspecified atom stereocenters.